The Balaban J connectivity index is 2.02. The number of fused-ring (bicyclic) bond motifs is 1. The summed E-state index contributed by atoms with van der Waals surface area (Å²) < 4.78 is 11.2. The van der Waals surface area contributed by atoms with Crippen LogP contribution in [-0.4, -0.2) is 18.3 Å². The molecule has 1 aromatic rings. The van der Waals surface area contributed by atoms with Crippen LogP contribution >= 0.6 is 0 Å². The predicted molar refractivity (Wildman–Crippen MR) is 68.0 cm³/mol. The highest BCUT2D eigenvalue weighted by atomic mass is 16.5. The zero-order valence-corrected chi connectivity index (χ0v) is 10.4. The van der Waals surface area contributed by atoms with Crippen LogP contribution in [0.2, 0.25) is 0 Å². The second-order valence-corrected chi connectivity index (χ2v) is 5.23. The van der Waals surface area contributed by atoms with Gasteiger partial charge in [0.25, 0.3) is 0 Å². The Morgan fingerprint density at radius 2 is 1.61 bits per heavy atom. The molecule has 4 heteroatoms. The molecule has 0 unspecified atom stereocenters. The standard InChI is InChI=1S/C14H19NO3/c15-14(4-1-2-5-14)10-8-12-13(9-11(10)16)18-7-3-6-17-12/h8-9,16H,1-7,15H2. The Bertz CT molecular complexity index is 453. The van der Waals surface area contributed by atoms with Gasteiger partial charge in [0.2, 0.25) is 0 Å². The van der Waals surface area contributed by atoms with Gasteiger partial charge in [-0.1, -0.05) is 12.8 Å². The van der Waals surface area contributed by atoms with Crippen LogP contribution < -0.4 is 15.2 Å². The molecule has 0 spiro atoms. The Kier molecular flexibility index (Phi) is 2.82. The van der Waals surface area contributed by atoms with Crippen LogP contribution in [0, 0.1) is 0 Å². The number of nitrogens with two attached hydrogens (primary N) is 1. The van der Waals surface area contributed by atoms with Gasteiger partial charge in [-0.05, 0) is 18.9 Å². The molecule has 18 heavy (non-hydrogen) atoms. The molecule has 1 aliphatic heterocycles. The predicted octanol–water partition coefficient (Wildman–Crippen LogP) is 2.28. The van der Waals surface area contributed by atoms with E-state index in [-0.39, 0.29) is 5.75 Å². The van der Waals surface area contributed by atoms with E-state index in [0.29, 0.717) is 24.7 Å². The summed E-state index contributed by atoms with van der Waals surface area (Å²) >= 11 is 0. The number of hydrogen-bond acceptors (Lipinski definition) is 4. The van der Waals surface area contributed by atoms with E-state index in [9.17, 15) is 5.11 Å². The summed E-state index contributed by atoms with van der Waals surface area (Å²) in [6, 6.07) is 3.50. The molecule has 0 aromatic heterocycles. The highest BCUT2D eigenvalue weighted by Gasteiger charge is 2.34. The van der Waals surface area contributed by atoms with Gasteiger partial charge in [-0.2, -0.15) is 0 Å². The fraction of sp³-hybridized carbons (Fsp3) is 0.571. The van der Waals surface area contributed by atoms with Gasteiger partial charge >= 0.3 is 0 Å². The van der Waals surface area contributed by atoms with Crippen molar-refractivity contribution in [3.8, 4) is 17.2 Å². The van der Waals surface area contributed by atoms with Gasteiger partial charge in [-0.15, -0.1) is 0 Å². The van der Waals surface area contributed by atoms with Gasteiger partial charge in [0, 0.05) is 23.6 Å². The molecule has 2 aliphatic rings. The summed E-state index contributed by atoms with van der Waals surface area (Å²) in [6.45, 7) is 1.27. The fourth-order valence-electron chi connectivity index (χ4n) is 2.87. The summed E-state index contributed by atoms with van der Waals surface area (Å²) in [5, 5.41) is 10.2. The minimum absolute atomic E-state index is 0.226. The third kappa shape index (κ3) is 1.90. The van der Waals surface area contributed by atoms with Crippen molar-refractivity contribution in [1.82, 2.24) is 0 Å². The van der Waals surface area contributed by atoms with Gasteiger partial charge in [0.1, 0.15) is 5.75 Å². The van der Waals surface area contributed by atoms with Gasteiger partial charge in [-0.25, -0.2) is 0 Å². The number of aromatic hydroxyl groups is 1. The largest absolute Gasteiger partial charge is 0.507 e. The van der Waals surface area contributed by atoms with E-state index >= 15 is 0 Å². The lowest BCUT2D eigenvalue weighted by Gasteiger charge is -2.26. The number of phenolic OH excluding ortho intramolecular Hbond substituents is 1. The molecule has 3 N–H and O–H groups in total. The van der Waals surface area contributed by atoms with Crippen LogP contribution in [0.25, 0.3) is 0 Å². The summed E-state index contributed by atoms with van der Waals surface area (Å²) in [4.78, 5) is 0. The maximum Gasteiger partial charge on any atom is 0.164 e. The van der Waals surface area contributed by atoms with Crippen LogP contribution in [0.1, 0.15) is 37.7 Å². The molecule has 1 fully saturated rings. The average molecular weight is 249 g/mol. The lowest BCUT2D eigenvalue weighted by Crippen LogP contribution is -2.33. The first-order valence-electron chi connectivity index (χ1n) is 6.61. The second-order valence-electron chi connectivity index (χ2n) is 5.23. The number of ether oxygens (including phenoxy) is 2. The molecule has 98 valence electrons. The molecule has 1 heterocycles. The maximum atomic E-state index is 10.2. The lowest BCUT2D eigenvalue weighted by molar-refractivity contribution is 0.296. The normalized spacial score (nSPS) is 21.6. The molecule has 0 amide bonds. The van der Waals surface area contributed by atoms with Crippen molar-refractivity contribution < 1.29 is 14.6 Å². The molecule has 0 atom stereocenters. The number of benzene rings is 1. The topological polar surface area (TPSA) is 64.7 Å². The van der Waals surface area contributed by atoms with E-state index in [0.717, 1.165) is 37.7 Å². The summed E-state index contributed by atoms with van der Waals surface area (Å²) in [6.07, 6.45) is 4.92. The zero-order chi connectivity index (χ0) is 12.6. The molecule has 0 saturated heterocycles. The minimum atomic E-state index is -0.408. The van der Waals surface area contributed by atoms with Crippen molar-refractivity contribution in [2.45, 2.75) is 37.6 Å². The lowest BCUT2D eigenvalue weighted by atomic mass is 9.88. The number of hydrogen-bond donors (Lipinski definition) is 2. The molecule has 1 aliphatic carbocycles. The fourth-order valence-corrected chi connectivity index (χ4v) is 2.87. The average Bonchev–Trinajstić information content (AvgIpc) is 2.66. The van der Waals surface area contributed by atoms with Crippen molar-refractivity contribution in [1.29, 1.82) is 0 Å². The van der Waals surface area contributed by atoms with Crippen molar-refractivity contribution >= 4 is 0 Å². The quantitative estimate of drug-likeness (QED) is 0.801. The van der Waals surface area contributed by atoms with E-state index in [1.165, 1.54) is 0 Å². The monoisotopic (exact) mass is 249 g/mol. The molecule has 0 radical (unpaired) electrons. The van der Waals surface area contributed by atoms with E-state index in [1.807, 2.05) is 6.07 Å². The Labute approximate surface area is 107 Å². The maximum absolute atomic E-state index is 10.2. The van der Waals surface area contributed by atoms with Gasteiger partial charge in [0.15, 0.2) is 11.5 Å². The molecule has 3 rings (SSSR count). The summed E-state index contributed by atoms with van der Waals surface area (Å²) in [5.41, 5.74) is 6.78. The SMILES string of the molecule is NC1(c2cc3c(cc2O)OCCCO3)CCCC1. The highest BCUT2D eigenvalue weighted by Crippen LogP contribution is 2.45. The Hall–Kier alpha value is -1.42. The van der Waals surface area contributed by atoms with Crippen LogP contribution in [-0.2, 0) is 5.54 Å². The molecule has 1 aromatic carbocycles. The van der Waals surface area contributed by atoms with Crippen molar-refractivity contribution in [3.63, 3.8) is 0 Å². The van der Waals surface area contributed by atoms with Gasteiger partial charge < -0.3 is 20.3 Å². The van der Waals surface area contributed by atoms with Gasteiger partial charge in [-0.3, -0.25) is 0 Å². The third-order valence-electron chi connectivity index (χ3n) is 3.90. The first-order valence-corrected chi connectivity index (χ1v) is 6.61. The molecular formula is C14H19NO3. The molecule has 0 bridgehead atoms. The van der Waals surface area contributed by atoms with E-state index in [2.05, 4.69) is 0 Å². The van der Waals surface area contributed by atoms with Gasteiger partial charge in [0.05, 0.1) is 13.2 Å². The third-order valence-corrected chi connectivity index (χ3v) is 3.90. The molecule has 4 nitrogen and oxygen atoms in total. The van der Waals surface area contributed by atoms with Crippen LogP contribution in [0.3, 0.4) is 0 Å². The van der Waals surface area contributed by atoms with E-state index in [1.54, 1.807) is 6.07 Å². The van der Waals surface area contributed by atoms with Crippen LogP contribution in [0.15, 0.2) is 12.1 Å². The van der Waals surface area contributed by atoms with Crippen LogP contribution in [0.5, 0.6) is 17.2 Å². The van der Waals surface area contributed by atoms with E-state index in [4.69, 9.17) is 15.2 Å². The first kappa shape index (κ1) is 11.7. The number of phenols is 1. The van der Waals surface area contributed by atoms with Crippen molar-refractivity contribution in [3.05, 3.63) is 17.7 Å². The smallest absolute Gasteiger partial charge is 0.164 e. The van der Waals surface area contributed by atoms with Crippen molar-refractivity contribution in [2.24, 2.45) is 5.73 Å². The first-order chi connectivity index (χ1) is 8.69. The number of rotatable bonds is 1. The summed E-state index contributed by atoms with van der Waals surface area (Å²) in [5.74, 6) is 1.55. The molecular weight excluding hydrogens is 230 g/mol. The minimum Gasteiger partial charge on any atom is -0.507 e. The van der Waals surface area contributed by atoms with E-state index < -0.39 is 5.54 Å². The van der Waals surface area contributed by atoms with Crippen LogP contribution in [0.4, 0.5) is 0 Å². The Morgan fingerprint density at radius 3 is 2.28 bits per heavy atom. The van der Waals surface area contributed by atoms with Crippen molar-refractivity contribution in [2.75, 3.05) is 13.2 Å². The second kappa shape index (κ2) is 4.35. The zero-order valence-electron chi connectivity index (χ0n) is 10.4. The summed E-state index contributed by atoms with van der Waals surface area (Å²) in [7, 11) is 0. The molecule has 1 saturated carbocycles. The Morgan fingerprint density at radius 1 is 1.00 bits per heavy atom. The highest BCUT2D eigenvalue weighted by molar-refractivity contribution is 5.53.